The average Bonchev–Trinajstić information content (AvgIpc) is 2.16. The van der Waals surface area contributed by atoms with Crippen molar-refractivity contribution in [2.45, 2.75) is 41.4 Å². The molecule has 1 nitrogen and oxygen atoms in total. The molecular formula is C12H14BrNS. The molecule has 3 heteroatoms. The lowest BCUT2D eigenvalue weighted by Crippen LogP contribution is -2.39. The molecule has 1 spiro atoms. The predicted molar refractivity (Wildman–Crippen MR) is 68.1 cm³/mol. The minimum atomic E-state index is 0.235. The molecule has 1 atom stereocenters. The number of nitrogens with two attached hydrogens (primary N) is 1. The van der Waals surface area contributed by atoms with Crippen molar-refractivity contribution in [3.05, 3.63) is 28.2 Å². The molecule has 1 aromatic carbocycles. The molecule has 0 amide bonds. The fraction of sp³-hybridized carbons (Fsp3) is 0.500. The molecule has 1 aliphatic heterocycles. The highest BCUT2D eigenvalue weighted by Crippen LogP contribution is 2.56. The Balaban J connectivity index is 2.01. The van der Waals surface area contributed by atoms with Gasteiger partial charge in [0.25, 0.3) is 0 Å². The number of hydrogen-bond acceptors (Lipinski definition) is 2. The largest absolute Gasteiger partial charge is 0.324 e. The minimum absolute atomic E-state index is 0.235. The van der Waals surface area contributed by atoms with Gasteiger partial charge in [-0.05, 0) is 43.0 Å². The van der Waals surface area contributed by atoms with Crippen molar-refractivity contribution in [2.24, 2.45) is 5.73 Å². The van der Waals surface area contributed by atoms with Gasteiger partial charge in [0.2, 0.25) is 0 Å². The van der Waals surface area contributed by atoms with Crippen LogP contribution in [0.3, 0.4) is 0 Å². The van der Waals surface area contributed by atoms with E-state index in [1.165, 1.54) is 29.7 Å². The quantitative estimate of drug-likeness (QED) is 0.782. The molecule has 1 fully saturated rings. The smallest absolute Gasteiger partial charge is 0.0319 e. The fourth-order valence-electron chi connectivity index (χ4n) is 2.56. The molecule has 1 saturated carbocycles. The Kier molecular flexibility index (Phi) is 2.38. The van der Waals surface area contributed by atoms with Crippen LogP contribution in [0.4, 0.5) is 0 Å². The van der Waals surface area contributed by atoms with Crippen LogP contribution in [-0.4, -0.2) is 4.75 Å². The summed E-state index contributed by atoms with van der Waals surface area (Å²) in [6, 6.07) is 6.75. The van der Waals surface area contributed by atoms with Crippen LogP contribution in [-0.2, 0) is 0 Å². The van der Waals surface area contributed by atoms with E-state index >= 15 is 0 Å². The standard InChI is InChI=1S/C12H14BrNS/c13-8-2-3-11-9(6-8)10(14)7-12(15-11)4-1-5-12/h2-3,6,10H,1,4-5,7,14H2/t10-/m1/s1. The van der Waals surface area contributed by atoms with Crippen molar-refractivity contribution in [1.29, 1.82) is 0 Å². The molecule has 1 aromatic rings. The molecule has 0 aromatic heterocycles. The van der Waals surface area contributed by atoms with E-state index in [1.54, 1.807) is 0 Å². The molecule has 1 heterocycles. The summed E-state index contributed by atoms with van der Waals surface area (Å²) in [7, 11) is 0. The number of rotatable bonds is 0. The Morgan fingerprint density at radius 1 is 1.40 bits per heavy atom. The predicted octanol–water partition coefficient (Wildman–Crippen LogP) is 3.87. The van der Waals surface area contributed by atoms with E-state index in [2.05, 4.69) is 45.9 Å². The first kappa shape index (κ1) is 10.2. The average molecular weight is 284 g/mol. The summed E-state index contributed by atoms with van der Waals surface area (Å²) in [6.07, 6.45) is 5.23. The van der Waals surface area contributed by atoms with Gasteiger partial charge in [-0.3, -0.25) is 0 Å². The van der Waals surface area contributed by atoms with Crippen LogP contribution in [0.1, 0.15) is 37.3 Å². The second kappa shape index (κ2) is 3.51. The molecule has 0 saturated heterocycles. The summed E-state index contributed by atoms with van der Waals surface area (Å²) in [4.78, 5) is 1.40. The van der Waals surface area contributed by atoms with Crippen LogP contribution in [0.15, 0.2) is 27.6 Å². The van der Waals surface area contributed by atoms with Gasteiger partial charge in [-0.1, -0.05) is 22.4 Å². The van der Waals surface area contributed by atoms with Gasteiger partial charge >= 0.3 is 0 Å². The van der Waals surface area contributed by atoms with E-state index in [0.717, 1.165) is 10.9 Å². The Morgan fingerprint density at radius 2 is 2.20 bits per heavy atom. The SMILES string of the molecule is N[C@@H]1CC2(CCC2)Sc2ccc(Br)cc21. The number of fused-ring (bicyclic) bond motifs is 1. The van der Waals surface area contributed by atoms with Crippen LogP contribution < -0.4 is 5.73 Å². The van der Waals surface area contributed by atoms with Gasteiger partial charge < -0.3 is 5.73 Å². The molecule has 2 N–H and O–H groups in total. The van der Waals surface area contributed by atoms with E-state index in [0.29, 0.717) is 4.75 Å². The zero-order valence-electron chi connectivity index (χ0n) is 8.50. The number of halogens is 1. The van der Waals surface area contributed by atoms with Crippen LogP contribution in [0.5, 0.6) is 0 Å². The summed E-state index contributed by atoms with van der Waals surface area (Å²) in [5.41, 5.74) is 7.59. The first-order valence-electron chi connectivity index (χ1n) is 5.43. The topological polar surface area (TPSA) is 26.0 Å². The molecule has 0 bridgehead atoms. The molecule has 80 valence electrons. The summed E-state index contributed by atoms with van der Waals surface area (Å²) < 4.78 is 1.63. The number of hydrogen-bond donors (Lipinski definition) is 1. The first-order valence-corrected chi connectivity index (χ1v) is 7.04. The molecule has 1 aliphatic carbocycles. The normalized spacial score (nSPS) is 27.2. The summed E-state index contributed by atoms with van der Waals surface area (Å²) in [6.45, 7) is 0. The molecular weight excluding hydrogens is 270 g/mol. The maximum atomic E-state index is 6.27. The Hall–Kier alpha value is 0.01000. The third kappa shape index (κ3) is 1.65. The van der Waals surface area contributed by atoms with Crippen molar-refractivity contribution in [3.8, 4) is 0 Å². The number of thioether (sulfide) groups is 1. The minimum Gasteiger partial charge on any atom is -0.324 e. The van der Waals surface area contributed by atoms with E-state index in [9.17, 15) is 0 Å². The van der Waals surface area contributed by atoms with Crippen molar-refractivity contribution in [2.75, 3.05) is 0 Å². The monoisotopic (exact) mass is 283 g/mol. The molecule has 3 rings (SSSR count). The second-order valence-corrected chi connectivity index (χ2v) is 7.06. The maximum absolute atomic E-state index is 6.27. The van der Waals surface area contributed by atoms with Gasteiger partial charge in [0.15, 0.2) is 0 Å². The van der Waals surface area contributed by atoms with Gasteiger partial charge in [0.1, 0.15) is 0 Å². The molecule has 2 aliphatic rings. The Morgan fingerprint density at radius 3 is 2.87 bits per heavy atom. The van der Waals surface area contributed by atoms with Crippen LogP contribution in [0.25, 0.3) is 0 Å². The molecule has 0 unspecified atom stereocenters. The molecule has 0 radical (unpaired) electrons. The van der Waals surface area contributed by atoms with Crippen LogP contribution in [0.2, 0.25) is 0 Å². The maximum Gasteiger partial charge on any atom is 0.0319 e. The summed E-state index contributed by atoms with van der Waals surface area (Å²) in [5.74, 6) is 0. The third-order valence-electron chi connectivity index (χ3n) is 3.55. The van der Waals surface area contributed by atoms with Crippen molar-refractivity contribution >= 4 is 27.7 Å². The third-order valence-corrected chi connectivity index (χ3v) is 5.65. The zero-order chi connectivity index (χ0) is 10.5. The lowest BCUT2D eigenvalue weighted by Gasteiger charge is -2.46. The van der Waals surface area contributed by atoms with Crippen LogP contribution in [0, 0.1) is 0 Å². The summed E-state index contributed by atoms with van der Waals surface area (Å²) in [5, 5.41) is 0. The van der Waals surface area contributed by atoms with Crippen LogP contribution >= 0.6 is 27.7 Å². The van der Waals surface area contributed by atoms with E-state index in [1.807, 2.05) is 0 Å². The Labute approximate surface area is 103 Å². The molecule has 15 heavy (non-hydrogen) atoms. The first-order chi connectivity index (χ1) is 7.19. The van der Waals surface area contributed by atoms with Crippen molar-refractivity contribution < 1.29 is 0 Å². The van der Waals surface area contributed by atoms with Crippen molar-refractivity contribution in [1.82, 2.24) is 0 Å². The highest BCUT2D eigenvalue weighted by Gasteiger charge is 2.43. The van der Waals surface area contributed by atoms with Gasteiger partial charge in [-0.25, -0.2) is 0 Å². The highest BCUT2D eigenvalue weighted by atomic mass is 79.9. The van der Waals surface area contributed by atoms with Crippen molar-refractivity contribution in [3.63, 3.8) is 0 Å². The second-order valence-electron chi connectivity index (χ2n) is 4.63. The van der Waals surface area contributed by atoms with E-state index < -0.39 is 0 Å². The van der Waals surface area contributed by atoms with Gasteiger partial charge in [0, 0.05) is 20.2 Å². The number of benzene rings is 1. The lowest BCUT2D eigenvalue weighted by molar-refractivity contribution is 0.314. The summed E-state index contributed by atoms with van der Waals surface area (Å²) >= 11 is 5.57. The van der Waals surface area contributed by atoms with Gasteiger partial charge in [0.05, 0.1) is 0 Å². The van der Waals surface area contributed by atoms with Gasteiger partial charge in [-0.15, -0.1) is 11.8 Å². The zero-order valence-corrected chi connectivity index (χ0v) is 10.9. The fourth-order valence-corrected chi connectivity index (χ4v) is 4.63. The van der Waals surface area contributed by atoms with E-state index in [-0.39, 0.29) is 6.04 Å². The van der Waals surface area contributed by atoms with E-state index in [4.69, 9.17) is 5.73 Å². The lowest BCUT2D eigenvalue weighted by atomic mass is 9.78. The highest BCUT2D eigenvalue weighted by molar-refractivity contribution is 9.10. The Bertz CT molecular complexity index is 401. The van der Waals surface area contributed by atoms with Gasteiger partial charge in [-0.2, -0.15) is 0 Å².